The highest BCUT2D eigenvalue weighted by Gasteiger charge is 2.54. The summed E-state index contributed by atoms with van der Waals surface area (Å²) in [5, 5.41) is 4.98. The maximum absolute atomic E-state index is 14.3. The number of rotatable bonds is 10. The molecule has 1 aliphatic rings. The highest BCUT2D eigenvalue weighted by Crippen LogP contribution is 2.35. The molecule has 2 unspecified atom stereocenters. The van der Waals surface area contributed by atoms with E-state index in [1.165, 1.54) is 11.9 Å². The summed E-state index contributed by atoms with van der Waals surface area (Å²) >= 11 is 0. The molecule has 2 heterocycles. The van der Waals surface area contributed by atoms with E-state index in [1.807, 2.05) is 0 Å². The van der Waals surface area contributed by atoms with Gasteiger partial charge >= 0.3 is 12.2 Å². The van der Waals surface area contributed by atoms with Crippen molar-refractivity contribution in [3.63, 3.8) is 0 Å². The largest absolute Gasteiger partial charge is 0.441 e. The smallest absolute Gasteiger partial charge is 0.416 e. The van der Waals surface area contributed by atoms with Gasteiger partial charge in [-0.15, -0.1) is 0 Å². The Morgan fingerprint density at radius 3 is 2.45 bits per heavy atom. The van der Waals surface area contributed by atoms with Gasteiger partial charge < -0.3 is 20.0 Å². The zero-order valence-electron chi connectivity index (χ0n) is 24.8. The number of alkyl halides is 3. The van der Waals surface area contributed by atoms with Gasteiger partial charge in [-0.1, -0.05) is 26.8 Å². The zero-order valence-corrected chi connectivity index (χ0v) is 24.8. The van der Waals surface area contributed by atoms with Crippen LogP contribution in [0.25, 0.3) is 11.1 Å². The summed E-state index contributed by atoms with van der Waals surface area (Å²) in [4.78, 5) is 59.2. The molecule has 0 spiro atoms. The summed E-state index contributed by atoms with van der Waals surface area (Å²) in [6, 6.07) is 5.00. The number of hydrogen-bond donors (Lipinski definition) is 2. The normalized spacial score (nSPS) is 18.0. The van der Waals surface area contributed by atoms with Crippen LogP contribution in [0.5, 0.6) is 0 Å². The molecule has 1 aromatic heterocycles. The molecular formula is C30H33F4N5O5. The summed E-state index contributed by atoms with van der Waals surface area (Å²) in [5.41, 5.74) is -1.46. The highest BCUT2D eigenvalue weighted by atomic mass is 19.4. The maximum atomic E-state index is 14.3. The van der Waals surface area contributed by atoms with Crippen LogP contribution < -0.4 is 10.6 Å². The number of nitrogens with one attached hydrogen (secondary N) is 2. The Balaban J connectivity index is 1.48. The molecule has 0 saturated carbocycles. The molecule has 1 aliphatic heterocycles. The Labute approximate surface area is 250 Å². The predicted octanol–water partition coefficient (Wildman–Crippen LogP) is 4.80. The van der Waals surface area contributed by atoms with Crippen molar-refractivity contribution in [3.8, 4) is 0 Å². The summed E-state index contributed by atoms with van der Waals surface area (Å²) in [5.74, 6) is -3.52. The van der Waals surface area contributed by atoms with Crippen LogP contribution >= 0.6 is 0 Å². The van der Waals surface area contributed by atoms with Gasteiger partial charge in [0.25, 0.3) is 11.8 Å². The van der Waals surface area contributed by atoms with Gasteiger partial charge in [0.15, 0.2) is 11.5 Å². The second-order valence-electron chi connectivity index (χ2n) is 11.1. The average Bonchev–Trinajstić information content (AvgIpc) is 3.41. The van der Waals surface area contributed by atoms with Crippen LogP contribution in [0, 0.1) is 18.7 Å². The van der Waals surface area contributed by atoms with E-state index >= 15 is 0 Å². The van der Waals surface area contributed by atoms with Crippen LogP contribution in [-0.4, -0.2) is 63.7 Å². The summed E-state index contributed by atoms with van der Waals surface area (Å²) in [6.45, 7) is 6.68. The lowest BCUT2D eigenvalue weighted by Gasteiger charge is -2.35. The van der Waals surface area contributed by atoms with Crippen molar-refractivity contribution >= 4 is 34.9 Å². The van der Waals surface area contributed by atoms with Crippen molar-refractivity contribution in [2.75, 3.05) is 13.6 Å². The highest BCUT2D eigenvalue weighted by molar-refractivity contribution is 6.06. The van der Waals surface area contributed by atoms with Gasteiger partial charge in [-0.2, -0.15) is 13.2 Å². The molecule has 0 bridgehead atoms. The van der Waals surface area contributed by atoms with Crippen LogP contribution in [0.2, 0.25) is 0 Å². The first-order valence-electron chi connectivity index (χ1n) is 14.0. The van der Waals surface area contributed by atoms with Crippen LogP contribution in [0.4, 0.5) is 22.4 Å². The number of benzene rings is 2. The molecule has 10 nitrogen and oxygen atoms in total. The molecule has 14 heteroatoms. The molecule has 1 saturated heterocycles. The number of halogens is 4. The number of aryl methyl sites for hydroxylation is 1. The molecule has 236 valence electrons. The van der Waals surface area contributed by atoms with Crippen LogP contribution in [0.3, 0.4) is 0 Å². The third-order valence-corrected chi connectivity index (χ3v) is 7.83. The third kappa shape index (κ3) is 6.24. The van der Waals surface area contributed by atoms with Gasteiger partial charge in [-0.05, 0) is 54.7 Å². The summed E-state index contributed by atoms with van der Waals surface area (Å²) in [6.07, 6.45) is -4.52. The van der Waals surface area contributed by atoms with Crippen molar-refractivity contribution in [2.45, 2.75) is 64.8 Å². The number of carbonyl (C=O) groups excluding carboxylic acids is 4. The molecule has 5 amide bonds. The molecular weight excluding hydrogens is 586 g/mol. The zero-order chi connectivity index (χ0) is 32.6. The third-order valence-electron chi connectivity index (χ3n) is 7.83. The fourth-order valence-electron chi connectivity index (χ4n) is 5.36. The van der Waals surface area contributed by atoms with Gasteiger partial charge in [-0.25, -0.2) is 14.2 Å². The molecule has 0 radical (unpaired) electrons. The van der Waals surface area contributed by atoms with E-state index < -0.39 is 64.4 Å². The van der Waals surface area contributed by atoms with Crippen LogP contribution in [0.15, 0.2) is 40.8 Å². The van der Waals surface area contributed by atoms with E-state index in [0.717, 1.165) is 4.90 Å². The fourth-order valence-corrected chi connectivity index (χ4v) is 5.36. The van der Waals surface area contributed by atoms with Crippen LogP contribution in [-0.2, 0) is 22.3 Å². The Hall–Kier alpha value is -4.49. The lowest BCUT2D eigenvalue weighted by Crippen LogP contribution is -2.53. The van der Waals surface area contributed by atoms with Crippen LogP contribution in [0.1, 0.15) is 61.0 Å². The lowest BCUT2D eigenvalue weighted by molar-refractivity contribution is -0.137. The molecule has 2 aromatic carbocycles. The maximum Gasteiger partial charge on any atom is 0.416 e. The number of imide groups is 1. The van der Waals surface area contributed by atoms with Crippen molar-refractivity contribution < 1.29 is 41.2 Å². The number of hydrogen-bond acceptors (Lipinski definition) is 6. The van der Waals surface area contributed by atoms with E-state index in [4.69, 9.17) is 4.42 Å². The Kier molecular flexibility index (Phi) is 9.03. The monoisotopic (exact) mass is 619 g/mol. The minimum atomic E-state index is -4.80. The van der Waals surface area contributed by atoms with Gasteiger partial charge in [-0.3, -0.25) is 19.3 Å². The van der Waals surface area contributed by atoms with Gasteiger partial charge in [0.2, 0.25) is 5.91 Å². The van der Waals surface area contributed by atoms with E-state index in [2.05, 4.69) is 15.6 Å². The van der Waals surface area contributed by atoms with Gasteiger partial charge in [0.05, 0.1) is 11.1 Å². The Bertz CT molecular complexity index is 1600. The summed E-state index contributed by atoms with van der Waals surface area (Å²) in [7, 11) is 1.38. The standard InChI is InChI=1S/C30H33F4N5O5/c1-6-29(27(42)38(5)28(43)39(29)15-18-7-10-22-23(13-18)44-17(4)36-22)11-12-35-26(41)24(16(2)3)37-25(40)20-14-19(30(32,33)34)8-9-21(20)31/h7-10,13-14,16,24H,6,11-12,15H2,1-5H3,(H,35,41)(H,37,40). The number of amides is 5. The molecule has 0 aliphatic carbocycles. The molecule has 2 atom stereocenters. The minimum absolute atomic E-state index is 0.0365. The number of nitrogens with zero attached hydrogens (tertiary/aromatic N) is 3. The number of aromatic nitrogens is 1. The Morgan fingerprint density at radius 1 is 1.11 bits per heavy atom. The van der Waals surface area contributed by atoms with Gasteiger partial charge in [0.1, 0.15) is 22.9 Å². The molecule has 44 heavy (non-hydrogen) atoms. The number of oxazole rings is 1. The molecule has 3 aromatic rings. The topological polar surface area (TPSA) is 125 Å². The predicted molar refractivity (Wildman–Crippen MR) is 151 cm³/mol. The fraction of sp³-hybridized carbons (Fsp3) is 0.433. The van der Waals surface area contributed by atoms with Crippen molar-refractivity contribution in [1.82, 2.24) is 25.4 Å². The van der Waals surface area contributed by atoms with E-state index in [1.54, 1.807) is 45.9 Å². The first-order valence-corrected chi connectivity index (χ1v) is 14.0. The van der Waals surface area contributed by atoms with E-state index in [9.17, 15) is 36.7 Å². The number of likely N-dealkylation sites (N-methyl/N-ethyl adjacent to an activating group) is 1. The average molecular weight is 620 g/mol. The second-order valence-corrected chi connectivity index (χ2v) is 11.1. The number of urea groups is 1. The molecule has 2 N–H and O–H groups in total. The first kappa shape index (κ1) is 32.4. The first-order chi connectivity index (χ1) is 20.6. The SMILES string of the molecule is CCC1(CCNC(=O)C(NC(=O)c2cc(C(F)(F)F)ccc2F)C(C)C)C(=O)N(C)C(=O)N1Cc1ccc2nc(C)oc2c1. The number of fused-ring (bicyclic) bond motifs is 1. The number of carbonyl (C=O) groups is 4. The van der Waals surface area contributed by atoms with Crippen molar-refractivity contribution in [2.24, 2.45) is 5.92 Å². The second kappa shape index (κ2) is 12.2. The van der Waals surface area contributed by atoms with E-state index in [-0.39, 0.29) is 25.9 Å². The van der Waals surface area contributed by atoms with Gasteiger partial charge in [0, 0.05) is 27.1 Å². The lowest BCUT2D eigenvalue weighted by atomic mass is 9.89. The molecule has 1 fully saturated rings. The minimum Gasteiger partial charge on any atom is -0.441 e. The Morgan fingerprint density at radius 2 is 1.82 bits per heavy atom. The quantitative estimate of drug-likeness (QED) is 0.248. The van der Waals surface area contributed by atoms with Crippen molar-refractivity contribution in [3.05, 3.63) is 64.8 Å². The van der Waals surface area contributed by atoms with Crippen molar-refractivity contribution in [1.29, 1.82) is 0 Å². The molecule has 4 rings (SSSR count). The summed E-state index contributed by atoms with van der Waals surface area (Å²) < 4.78 is 59.2. The van der Waals surface area contributed by atoms with E-state index in [0.29, 0.717) is 40.8 Å².